The van der Waals surface area contributed by atoms with Crippen LogP contribution >= 0.6 is 0 Å². The zero-order valence-electron chi connectivity index (χ0n) is 11.0. The monoisotopic (exact) mass is 264 g/mol. The van der Waals surface area contributed by atoms with Gasteiger partial charge in [0, 0.05) is 12.1 Å². The Bertz CT molecular complexity index is 436. The Morgan fingerprint density at radius 2 is 2.00 bits per heavy atom. The topological polar surface area (TPSA) is 78.4 Å². The first-order chi connectivity index (χ1) is 9.18. The average Bonchev–Trinajstić information content (AvgIpc) is 2.61. The van der Waals surface area contributed by atoms with Gasteiger partial charge in [-0.25, -0.2) is 0 Å². The van der Waals surface area contributed by atoms with E-state index >= 15 is 0 Å². The normalized spacial score (nSPS) is 23.8. The molecule has 0 heterocycles. The Morgan fingerprint density at radius 3 is 2.79 bits per heavy atom. The number of nitrogens with zero attached hydrogens (tertiary/aromatic N) is 1. The molecule has 2 atom stereocenters. The molecule has 2 unspecified atom stereocenters. The summed E-state index contributed by atoms with van der Waals surface area (Å²) in [7, 11) is 0. The highest BCUT2D eigenvalue weighted by Gasteiger charge is 2.22. The van der Waals surface area contributed by atoms with Crippen molar-refractivity contribution < 1.29 is 9.66 Å². The molecule has 0 amide bonds. The molecule has 1 saturated carbocycles. The van der Waals surface area contributed by atoms with Crippen molar-refractivity contribution in [2.75, 3.05) is 0 Å². The molecule has 1 aromatic carbocycles. The van der Waals surface area contributed by atoms with E-state index in [1.807, 2.05) is 0 Å². The molecule has 0 radical (unpaired) electrons. The molecule has 1 fully saturated rings. The van der Waals surface area contributed by atoms with Gasteiger partial charge in [-0.05, 0) is 18.9 Å². The van der Waals surface area contributed by atoms with E-state index in [0.29, 0.717) is 5.56 Å². The standard InChI is InChI=1S/C14H20N2O3/c15-12-7-2-1-3-9-14(12)19-10-11-6-4-5-8-13(11)16(17)18/h4-6,8,12,14H,1-3,7,9-10,15H2. The van der Waals surface area contributed by atoms with Crippen LogP contribution in [-0.4, -0.2) is 17.1 Å². The maximum Gasteiger partial charge on any atom is 0.274 e. The summed E-state index contributed by atoms with van der Waals surface area (Å²) in [5.74, 6) is 0. The molecule has 104 valence electrons. The average molecular weight is 264 g/mol. The van der Waals surface area contributed by atoms with Crippen LogP contribution in [0.3, 0.4) is 0 Å². The van der Waals surface area contributed by atoms with Crippen LogP contribution in [0.5, 0.6) is 0 Å². The highest BCUT2D eigenvalue weighted by molar-refractivity contribution is 5.39. The number of para-hydroxylation sites is 1. The Balaban J connectivity index is 1.99. The van der Waals surface area contributed by atoms with Crippen LogP contribution in [-0.2, 0) is 11.3 Å². The Kier molecular flexibility index (Phi) is 4.87. The number of rotatable bonds is 4. The van der Waals surface area contributed by atoms with Crippen LogP contribution in [0.15, 0.2) is 24.3 Å². The fourth-order valence-corrected chi connectivity index (χ4v) is 2.52. The van der Waals surface area contributed by atoms with Gasteiger partial charge in [-0.2, -0.15) is 0 Å². The zero-order chi connectivity index (χ0) is 13.7. The van der Waals surface area contributed by atoms with Gasteiger partial charge in [-0.15, -0.1) is 0 Å². The lowest BCUT2D eigenvalue weighted by atomic mass is 10.1. The van der Waals surface area contributed by atoms with Crippen molar-refractivity contribution in [1.82, 2.24) is 0 Å². The Morgan fingerprint density at radius 1 is 1.26 bits per heavy atom. The third kappa shape index (κ3) is 3.75. The summed E-state index contributed by atoms with van der Waals surface area (Å²) < 4.78 is 5.82. The summed E-state index contributed by atoms with van der Waals surface area (Å²) in [6, 6.07) is 6.74. The lowest BCUT2D eigenvalue weighted by Gasteiger charge is -2.21. The quantitative estimate of drug-likeness (QED) is 0.515. The molecule has 1 aliphatic rings. The van der Waals surface area contributed by atoms with Crippen LogP contribution < -0.4 is 5.73 Å². The van der Waals surface area contributed by atoms with Crippen molar-refractivity contribution in [2.45, 2.75) is 50.9 Å². The minimum Gasteiger partial charge on any atom is -0.372 e. The zero-order valence-corrected chi connectivity index (χ0v) is 11.0. The predicted molar refractivity (Wildman–Crippen MR) is 72.7 cm³/mol. The number of nitro groups is 1. The molecule has 0 bridgehead atoms. The number of hydrogen-bond donors (Lipinski definition) is 1. The largest absolute Gasteiger partial charge is 0.372 e. The lowest BCUT2D eigenvalue weighted by Crippen LogP contribution is -2.35. The van der Waals surface area contributed by atoms with E-state index in [9.17, 15) is 10.1 Å². The molecule has 5 nitrogen and oxygen atoms in total. The van der Waals surface area contributed by atoms with Gasteiger partial charge < -0.3 is 10.5 Å². The first kappa shape index (κ1) is 14.0. The van der Waals surface area contributed by atoms with Gasteiger partial charge in [0.1, 0.15) is 0 Å². The van der Waals surface area contributed by atoms with Crippen molar-refractivity contribution in [1.29, 1.82) is 0 Å². The van der Waals surface area contributed by atoms with Gasteiger partial charge in [0.15, 0.2) is 0 Å². The van der Waals surface area contributed by atoms with E-state index in [0.717, 1.165) is 25.7 Å². The highest BCUT2D eigenvalue weighted by atomic mass is 16.6. The van der Waals surface area contributed by atoms with Gasteiger partial charge in [0.25, 0.3) is 5.69 Å². The maximum absolute atomic E-state index is 10.9. The molecule has 0 aromatic heterocycles. The van der Waals surface area contributed by atoms with Crippen molar-refractivity contribution in [3.8, 4) is 0 Å². The van der Waals surface area contributed by atoms with E-state index in [-0.39, 0.29) is 29.4 Å². The summed E-state index contributed by atoms with van der Waals surface area (Å²) in [4.78, 5) is 10.5. The first-order valence-electron chi connectivity index (χ1n) is 6.78. The Labute approximate surface area is 112 Å². The molecule has 1 aromatic rings. The molecule has 2 rings (SSSR count). The number of nitrogens with two attached hydrogens (primary N) is 1. The fourth-order valence-electron chi connectivity index (χ4n) is 2.52. The third-order valence-corrected chi connectivity index (χ3v) is 3.64. The summed E-state index contributed by atoms with van der Waals surface area (Å²) in [6.45, 7) is 0.259. The smallest absolute Gasteiger partial charge is 0.274 e. The second-order valence-electron chi connectivity index (χ2n) is 5.04. The van der Waals surface area contributed by atoms with Crippen LogP contribution in [0.2, 0.25) is 0 Å². The Hall–Kier alpha value is -1.46. The van der Waals surface area contributed by atoms with Crippen molar-refractivity contribution in [3.63, 3.8) is 0 Å². The summed E-state index contributed by atoms with van der Waals surface area (Å²) in [5, 5.41) is 10.9. The maximum atomic E-state index is 10.9. The molecule has 2 N–H and O–H groups in total. The minimum absolute atomic E-state index is 0.0160. The van der Waals surface area contributed by atoms with E-state index in [4.69, 9.17) is 10.5 Å². The number of ether oxygens (including phenoxy) is 1. The number of hydrogen-bond acceptors (Lipinski definition) is 4. The molecular formula is C14H20N2O3. The van der Waals surface area contributed by atoms with Crippen LogP contribution in [0.4, 0.5) is 5.69 Å². The van der Waals surface area contributed by atoms with Crippen LogP contribution in [0.25, 0.3) is 0 Å². The molecular weight excluding hydrogens is 244 g/mol. The van der Waals surface area contributed by atoms with Gasteiger partial charge in [-0.1, -0.05) is 31.4 Å². The second-order valence-corrected chi connectivity index (χ2v) is 5.04. The fraction of sp³-hybridized carbons (Fsp3) is 0.571. The van der Waals surface area contributed by atoms with E-state index in [1.165, 1.54) is 12.5 Å². The predicted octanol–water partition coefficient (Wildman–Crippen LogP) is 2.77. The van der Waals surface area contributed by atoms with E-state index < -0.39 is 0 Å². The minimum atomic E-state index is -0.369. The van der Waals surface area contributed by atoms with Crippen molar-refractivity contribution in [3.05, 3.63) is 39.9 Å². The lowest BCUT2D eigenvalue weighted by molar-refractivity contribution is -0.386. The van der Waals surface area contributed by atoms with Crippen LogP contribution in [0.1, 0.15) is 37.7 Å². The van der Waals surface area contributed by atoms with E-state index in [2.05, 4.69) is 0 Å². The molecule has 5 heteroatoms. The number of benzene rings is 1. The SMILES string of the molecule is NC1CCCCCC1OCc1ccccc1[N+](=O)[O-]. The summed E-state index contributed by atoms with van der Waals surface area (Å²) >= 11 is 0. The number of nitro benzene ring substituents is 1. The second kappa shape index (κ2) is 6.63. The molecule has 19 heavy (non-hydrogen) atoms. The van der Waals surface area contributed by atoms with Gasteiger partial charge in [0.2, 0.25) is 0 Å². The van der Waals surface area contributed by atoms with Gasteiger partial charge in [0.05, 0.1) is 23.2 Å². The van der Waals surface area contributed by atoms with Gasteiger partial charge >= 0.3 is 0 Å². The van der Waals surface area contributed by atoms with Crippen molar-refractivity contribution in [2.24, 2.45) is 5.73 Å². The molecule has 0 spiro atoms. The molecule has 0 aliphatic heterocycles. The summed E-state index contributed by atoms with van der Waals surface area (Å²) in [5.41, 5.74) is 6.81. The van der Waals surface area contributed by atoms with Crippen LogP contribution in [0, 0.1) is 10.1 Å². The molecule has 0 saturated heterocycles. The van der Waals surface area contributed by atoms with E-state index in [1.54, 1.807) is 18.2 Å². The van der Waals surface area contributed by atoms with Crippen molar-refractivity contribution >= 4 is 5.69 Å². The highest BCUT2D eigenvalue weighted by Crippen LogP contribution is 2.23. The summed E-state index contributed by atoms with van der Waals surface area (Å²) in [6.07, 6.45) is 5.40. The first-order valence-corrected chi connectivity index (χ1v) is 6.78. The third-order valence-electron chi connectivity index (χ3n) is 3.64. The van der Waals surface area contributed by atoms with Gasteiger partial charge in [-0.3, -0.25) is 10.1 Å². The molecule has 1 aliphatic carbocycles.